The Morgan fingerprint density at radius 2 is 1.86 bits per heavy atom. The standard InChI is InChI=1S/C20H18F2N4O2S/c21-13-5-6-16(22)17(11-13)23-18(27)12-29-20-15-4-2-1-3-14(15)19(24-25-20)26-7-9-28-10-8-26/h1-6,11H,7-10,12H2,(H,23,27). The van der Waals surface area contributed by atoms with Crippen molar-refractivity contribution in [3.8, 4) is 0 Å². The van der Waals surface area contributed by atoms with Gasteiger partial charge in [0.05, 0.1) is 24.7 Å². The fourth-order valence-electron chi connectivity index (χ4n) is 3.09. The molecule has 1 amide bonds. The molecule has 0 bridgehead atoms. The Bertz CT molecular complexity index is 1040. The lowest BCUT2D eigenvalue weighted by Gasteiger charge is -2.28. The number of aromatic nitrogens is 2. The molecular weight excluding hydrogens is 398 g/mol. The van der Waals surface area contributed by atoms with Crippen LogP contribution in [0, 0.1) is 11.6 Å². The highest BCUT2D eigenvalue weighted by Gasteiger charge is 2.18. The van der Waals surface area contributed by atoms with Crippen LogP contribution in [0.3, 0.4) is 0 Å². The number of carbonyl (C=O) groups excluding carboxylic acids is 1. The van der Waals surface area contributed by atoms with E-state index in [-0.39, 0.29) is 11.4 Å². The van der Waals surface area contributed by atoms with Gasteiger partial charge in [-0.05, 0) is 12.1 Å². The molecule has 2 heterocycles. The second-order valence-corrected chi connectivity index (χ2v) is 7.40. The van der Waals surface area contributed by atoms with Crippen molar-refractivity contribution >= 4 is 39.9 Å². The van der Waals surface area contributed by atoms with Crippen molar-refractivity contribution in [2.24, 2.45) is 0 Å². The van der Waals surface area contributed by atoms with Crippen molar-refractivity contribution in [1.82, 2.24) is 10.2 Å². The molecule has 1 N–H and O–H groups in total. The van der Waals surface area contributed by atoms with Gasteiger partial charge in [0.1, 0.15) is 16.7 Å². The smallest absolute Gasteiger partial charge is 0.234 e. The van der Waals surface area contributed by atoms with Crippen LogP contribution in [0.15, 0.2) is 47.5 Å². The van der Waals surface area contributed by atoms with E-state index < -0.39 is 17.5 Å². The second kappa shape index (κ2) is 8.71. The zero-order valence-electron chi connectivity index (χ0n) is 15.4. The first-order valence-electron chi connectivity index (χ1n) is 9.07. The number of amides is 1. The van der Waals surface area contributed by atoms with Crippen molar-refractivity contribution in [3.05, 3.63) is 54.1 Å². The van der Waals surface area contributed by atoms with Crippen LogP contribution in [0.25, 0.3) is 10.8 Å². The zero-order valence-corrected chi connectivity index (χ0v) is 16.2. The number of hydrogen-bond acceptors (Lipinski definition) is 6. The van der Waals surface area contributed by atoms with E-state index in [1.54, 1.807) is 0 Å². The van der Waals surface area contributed by atoms with Crippen LogP contribution in [0.5, 0.6) is 0 Å². The van der Waals surface area contributed by atoms with E-state index in [1.807, 2.05) is 24.3 Å². The number of ether oxygens (including phenoxy) is 1. The Morgan fingerprint density at radius 3 is 2.66 bits per heavy atom. The summed E-state index contributed by atoms with van der Waals surface area (Å²) in [5.74, 6) is -0.983. The molecule has 0 saturated carbocycles. The largest absolute Gasteiger partial charge is 0.378 e. The average Bonchev–Trinajstić information content (AvgIpc) is 2.75. The minimum atomic E-state index is -0.690. The first-order valence-corrected chi connectivity index (χ1v) is 10.1. The molecule has 1 fully saturated rings. The van der Waals surface area contributed by atoms with Crippen LogP contribution in [0.4, 0.5) is 20.3 Å². The van der Waals surface area contributed by atoms with Crippen LogP contribution in [-0.4, -0.2) is 48.2 Å². The fraction of sp³-hybridized carbons (Fsp3) is 0.250. The maximum atomic E-state index is 13.7. The van der Waals surface area contributed by atoms with E-state index >= 15 is 0 Å². The molecule has 29 heavy (non-hydrogen) atoms. The highest BCUT2D eigenvalue weighted by molar-refractivity contribution is 8.00. The molecule has 0 unspecified atom stereocenters. The van der Waals surface area contributed by atoms with Gasteiger partial charge < -0.3 is 15.0 Å². The molecule has 0 spiro atoms. The normalized spacial score (nSPS) is 14.2. The number of fused-ring (bicyclic) bond motifs is 1. The van der Waals surface area contributed by atoms with E-state index in [4.69, 9.17) is 4.74 Å². The van der Waals surface area contributed by atoms with Crippen LogP contribution >= 0.6 is 11.8 Å². The lowest BCUT2D eigenvalue weighted by atomic mass is 10.2. The predicted octanol–water partition coefficient (Wildman–Crippen LogP) is 3.48. The van der Waals surface area contributed by atoms with Crippen molar-refractivity contribution in [1.29, 1.82) is 0 Å². The third kappa shape index (κ3) is 4.46. The molecule has 0 aliphatic carbocycles. The number of nitrogens with zero attached hydrogens (tertiary/aromatic N) is 3. The number of rotatable bonds is 5. The quantitative estimate of drug-likeness (QED) is 0.643. The fourth-order valence-corrected chi connectivity index (χ4v) is 3.87. The number of halogens is 2. The van der Waals surface area contributed by atoms with E-state index in [1.165, 1.54) is 11.8 Å². The Labute approximate surface area is 170 Å². The van der Waals surface area contributed by atoms with Crippen LogP contribution in [0.1, 0.15) is 0 Å². The predicted molar refractivity (Wildman–Crippen MR) is 108 cm³/mol. The van der Waals surface area contributed by atoms with Crippen LogP contribution < -0.4 is 10.2 Å². The van der Waals surface area contributed by atoms with Gasteiger partial charge in [0, 0.05) is 29.9 Å². The summed E-state index contributed by atoms with van der Waals surface area (Å²) in [5.41, 5.74) is -0.186. The first-order chi connectivity index (χ1) is 14.1. The maximum absolute atomic E-state index is 13.7. The molecule has 2 aromatic carbocycles. The van der Waals surface area contributed by atoms with Gasteiger partial charge in [-0.25, -0.2) is 8.78 Å². The van der Waals surface area contributed by atoms with Crippen molar-refractivity contribution in [2.45, 2.75) is 5.03 Å². The highest BCUT2D eigenvalue weighted by atomic mass is 32.2. The number of hydrogen-bond donors (Lipinski definition) is 1. The molecular formula is C20H18F2N4O2S. The van der Waals surface area contributed by atoms with Gasteiger partial charge in [-0.2, -0.15) is 0 Å². The minimum absolute atomic E-state index is 0.00840. The lowest BCUT2D eigenvalue weighted by Crippen LogP contribution is -2.37. The molecule has 150 valence electrons. The molecule has 0 atom stereocenters. The Kier molecular flexibility index (Phi) is 5.86. The third-order valence-corrected chi connectivity index (χ3v) is 5.47. The number of carbonyl (C=O) groups is 1. The summed E-state index contributed by atoms with van der Waals surface area (Å²) in [4.78, 5) is 14.3. The summed E-state index contributed by atoms with van der Waals surface area (Å²) in [6.45, 7) is 2.77. The van der Waals surface area contributed by atoms with Gasteiger partial charge >= 0.3 is 0 Å². The highest BCUT2D eigenvalue weighted by Crippen LogP contribution is 2.31. The molecule has 3 aromatic rings. The van der Waals surface area contributed by atoms with Crippen LogP contribution in [0.2, 0.25) is 0 Å². The van der Waals surface area contributed by atoms with Gasteiger partial charge in [0.15, 0.2) is 5.82 Å². The summed E-state index contributed by atoms with van der Waals surface area (Å²) < 4.78 is 32.4. The summed E-state index contributed by atoms with van der Waals surface area (Å²) in [6.07, 6.45) is 0. The molecule has 1 aromatic heterocycles. The number of thioether (sulfide) groups is 1. The minimum Gasteiger partial charge on any atom is -0.378 e. The van der Waals surface area contributed by atoms with E-state index in [0.717, 1.165) is 47.9 Å². The van der Waals surface area contributed by atoms with Crippen molar-refractivity contribution in [2.75, 3.05) is 42.3 Å². The monoisotopic (exact) mass is 416 g/mol. The van der Waals surface area contributed by atoms with Crippen molar-refractivity contribution in [3.63, 3.8) is 0 Å². The van der Waals surface area contributed by atoms with Crippen molar-refractivity contribution < 1.29 is 18.3 Å². The molecule has 1 aliphatic rings. The summed E-state index contributed by atoms with van der Waals surface area (Å²) >= 11 is 1.20. The van der Waals surface area contributed by atoms with E-state index in [0.29, 0.717) is 18.2 Å². The molecule has 9 heteroatoms. The SMILES string of the molecule is O=C(CSc1nnc(N2CCOCC2)c2ccccc12)Nc1cc(F)ccc1F. The number of anilines is 2. The average molecular weight is 416 g/mol. The molecule has 4 rings (SSSR count). The maximum Gasteiger partial charge on any atom is 0.234 e. The summed E-state index contributed by atoms with van der Waals surface area (Å²) in [5, 5.41) is 13.5. The van der Waals surface area contributed by atoms with Gasteiger partial charge in [-0.15, -0.1) is 10.2 Å². The van der Waals surface area contributed by atoms with Gasteiger partial charge in [-0.3, -0.25) is 4.79 Å². The molecule has 1 aliphatic heterocycles. The van der Waals surface area contributed by atoms with Gasteiger partial charge in [0.25, 0.3) is 0 Å². The number of nitrogens with one attached hydrogen (secondary N) is 1. The third-order valence-electron chi connectivity index (χ3n) is 4.49. The Hall–Kier alpha value is -2.78. The van der Waals surface area contributed by atoms with E-state index in [2.05, 4.69) is 20.4 Å². The second-order valence-electron chi connectivity index (χ2n) is 6.43. The van der Waals surface area contributed by atoms with E-state index in [9.17, 15) is 13.6 Å². The summed E-state index contributed by atoms with van der Waals surface area (Å²) in [7, 11) is 0. The topological polar surface area (TPSA) is 67.4 Å². The zero-order chi connectivity index (χ0) is 20.2. The Morgan fingerprint density at radius 1 is 1.10 bits per heavy atom. The molecule has 6 nitrogen and oxygen atoms in total. The van der Waals surface area contributed by atoms with Gasteiger partial charge in [-0.1, -0.05) is 36.0 Å². The number of morpholine rings is 1. The Balaban J connectivity index is 1.51. The molecule has 0 radical (unpaired) electrons. The molecule has 1 saturated heterocycles. The lowest BCUT2D eigenvalue weighted by molar-refractivity contribution is -0.113. The summed E-state index contributed by atoms with van der Waals surface area (Å²) in [6, 6.07) is 10.7. The number of benzene rings is 2. The van der Waals surface area contributed by atoms with Crippen LogP contribution in [-0.2, 0) is 9.53 Å². The first kappa shape index (κ1) is 19.5. The van der Waals surface area contributed by atoms with Gasteiger partial charge in [0.2, 0.25) is 5.91 Å².